The maximum atomic E-state index is 13.0. The number of hydrogen-bond donors (Lipinski definition) is 4. The van der Waals surface area contributed by atoms with E-state index in [0.29, 0.717) is 47.8 Å². The molecule has 4 bridgehead atoms. The van der Waals surface area contributed by atoms with Crippen molar-refractivity contribution in [2.45, 2.75) is 63.5 Å². The van der Waals surface area contributed by atoms with Gasteiger partial charge in [-0.05, 0) is 74.8 Å². The molecule has 6 aliphatic rings. The average Bonchev–Trinajstić information content (AvgIpc) is 4.17. The van der Waals surface area contributed by atoms with Crippen molar-refractivity contribution < 1.29 is 24.3 Å². The van der Waals surface area contributed by atoms with E-state index in [1.807, 2.05) is 6.07 Å². The first-order valence-electron chi connectivity index (χ1n) is 19.5. The van der Waals surface area contributed by atoms with E-state index in [9.17, 15) is 24.3 Å². The van der Waals surface area contributed by atoms with Gasteiger partial charge in [-0.3, -0.25) is 35.2 Å². The van der Waals surface area contributed by atoms with Gasteiger partial charge in [0.2, 0.25) is 0 Å². The molecule has 4 aromatic rings. The lowest BCUT2D eigenvalue weighted by molar-refractivity contribution is 0.0690. The number of ketones is 1. The topological polar surface area (TPSA) is 229 Å². The van der Waals surface area contributed by atoms with E-state index in [1.54, 1.807) is 23.2 Å². The van der Waals surface area contributed by atoms with Crippen molar-refractivity contribution >= 4 is 58.5 Å². The number of anilines is 6. The number of hydrogen-bond acceptors (Lipinski definition) is 13. The van der Waals surface area contributed by atoms with Gasteiger partial charge in [0.25, 0.3) is 0 Å². The number of urea groups is 2. The number of carbonyl (C=O) groups is 4. The predicted octanol–water partition coefficient (Wildman–Crippen LogP) is 4.43. The van der Waals surface area contributed by atoms with Gasteiger partial charge < -0.3 is 20.6 Å². The lowest BCUT2D eigenvalue weighted by Gasteiger charge is -2.35. The van der Waals surface area contributed by atoms with E-state index in [0.717, 1.165) is 62.7 Å². The smallest absolute Gasteiger partial charge is 0.354 e. The lowest BCUT2D eigenvalue weighted by Crippen LogP contribution is -2.48. The third-order valence-corrected chi connectivity index (χ3v) is 10.9. The molecule has 2 atom stereocenters. The van der Waals surface area contributed by atoms with Crippen LogP contribution in [-0.2, 0) is 0 Å². The summed E-state index contributed by atoms with van der Waals surface area (Å²) in [4.78, 5) is 82.0. The van der Waals surface area contributed by atoms with Crippen LogP contribution in [-0.4, -0.2) is 104 Å². The van der Waals surface area contributed by atoms with Crippen molar-refractivity contribution in [2.75, 3.05) is 63.0 Å². The second kappa shape index (κ2) is 16.4. The third kappa shape index (κ3) is 8.60. The highest BCUT2D eigenvalue weighted by Crippen LogP contribution is 2.41. The van der Waals surface area contributed by atoms with Crippen molar-refractivity contribution in [1.82, 2.24) is 29.9 Å². The molecule has 0 spiro atoms. The molecule has 10 rings (SSSR count). The van der Waals surface area contributed by atoms with Crippen LogP contribution < -0.4 is 36.0 Å². The van der Waals surface area contributed by atoms with Crippen LogP contribution in [0.3, 0.4) is 0 Å². The van der Waals surface area contributed by atoms with Crippen LogP contribution in [0.5, 0.6) is 0 Å². The number of nitrogens with two attached hydrogens (primary N) is 1. The first-order valence-corrected chi connectivity index (χ1v) is 19.5. The minimum atomic E-state index is -1.12. The first kappa shape index (κ1) is 37.6. The summed E-state index contributed by atoms with van der Waals surface area (Å²) in [5.41, 5.74) is 7.26. The molecule has 8 heterocycles. The average molecular weight is 776 g/mol. The van der Waals surface area contributed by atoms with Crippen LogP contribution in [0.15, 0.2) is 61.4 Å². The number of amides is 4. The Hall–Kier alpha value is -6.30. The van der Waals surface area contributed by atoms with E-state index in [2.05, 4.69) is 50.3 Å². The second-order valence-corrected chi connectivity index (χ2v) is 15.0. The van der Waals surface area contributed by atoms with Gasteiger partial charge in [0.1, 0.15) is 5.69 Å². The molecule has 2 aliphatic carbocycles. The Morgan fingerprint density at radius 1 is 0.684 bits per heavy atom. The molecule has 5 N–H and O–H groups in total. The lowest BCUT2D eigenvalue weighted by atomic mass is 10.1. The number of carboxylic acids is 1. The van der Waals surface area contributed by atoms with Gasteiger partial charge in [0.15, 0.2) is 34.7 Å². The molecule has 296 valence electrons. The van der Waals surface area contributed by atoms with Crippen LogP contribution >= 0.6 is 0 Å². The highest BCUT2D eigenvalue weighted by Gasteiger charge is 2.42. The summed E-state index contributed by atoms with van der Waals surface area (Å²) in [6.45, 7) is 4.08. The van der Waals surface area contributed by atoms with Crippen LogP contribution in [0.4, 0.5) is 44.2 Å². The van der Waals surface area contributed by atoms with Crippen LogP contribution in [0.25, 0.3) is 0 Å². The zero-order chi connectivity index (χ0) is 39.5. The summed E-state index contributed by atoms with van der Waals surface area (Å²) >= 11 is 0. The fourth-order valence-electron chi connectivity index (χ4n) is 7.51. The third-order valence-electron chi connectivity index (χ3n) is 10.9. The first-order chi connectivity index (χ1) is 27.7. The minimum Gasteiger partial charge on any atom is -0.477 e. The van der Waals surface area contributed by atoms with E-state index in [4.69, 9.17) is 5.73 Å². The van der Waals surface area contributed by atoms with Crippen LogP contribution in [0.1, 0.15) is 72.3 Å². The Morgan fingerprint density at radius 3 is 1.63 bits per heavy atom. The van der Waals surface area contributed by atoms with Gasteiger partial charge in [-0.15, -0.1) is 0 Å². The van der Waals surface area contributed by atoms with Crippen LogP contribution in [0.2, 0.25) is 0 Å². The van der Waals surface area contributed by atoms with Crippen molar-refractivity contribution in [3.63, 3.8) is 0 Å². The predicted molar refractivity (Wildman–Crippen MR) is 212 cm³/mol. The maximum absolute atomic E-state index is 13.0. The summed E-state index contributed by atoms with van der Waals surface area (Å²) in [6, 6.07) is 6.19. The molecule has 0 aromatic carbocycles. The quantitative estimate of drug-likeness (QED) is 0.182. The Kier molecular flexibility index (Phi) is 10.8. The molecule has 4 aromatic heterocycles. The zero-order valence-electron chi connectivity index (χ0n) is 31.4. The number of aromatic nitrogens is 6. The largest absolute Gasteiger partial charge is 0.477 e. The Labute approximate surface area is 328 Å². The van der Waals surface area contributed by atoms with Gasteiger partial charge in [0.05, 0.1) is 35.9 Å². The van der Waals surface area contributed by atoms with E-state index < -0.39 is 12.0 Å². The van der Waals surface area contributed by atoms with E-state index in [-0.39, 0.29) is 29.6 Å². The number of nitrogens with zero attached hydrogens (tertiary/aromatic N) is 10. The van der Waals surface area contributed by atoms with Crippen molar-refractivity contribution in [3.05, 3.63) is 72.8 Å². The molecule has 57 heavy (non-hydrogen) atoms. The van der Waals surface area contributed by atoms with Crippen LogP contribution in [0, 0.1) is 11.8 Å². The summed E-state index contributed by atoms with van der Waals surface area (Å²) in [7, 11) is 0. The van der Waals surface area contributed by atoms with Crippen molar-refractivity contribution in [1.29, 1.82) is 0 Å². The molecular weight excluding hydrogens is 731 g/mol. The molecule has 0 unspecified atom stereocenters. The number of aromatic carboxylic acids is 1. The van der Waals surface area contributed by atoms with Crippen molar-refractivity contribution in [3.8, 4) is 0 Å². The van der Waals surface area contributed by atoms with E-state index in [1.165, 1.54) is 67.6 Å². The van der Waals surface area contributed by atoms with Gasteiger partial charge in [0, 0.05) is 57.4 Å². The molecule has 18 nitrogen and oxygen atoms in total. The maximum Gasteiger partial charge on any atom is 0.354 e. The number of pyridine rings is 2. The molecule has 2 saturated carbocycles. The molecule has 18 heteroatoms. The normalized spacial score (nSPS) is 19.6. The standard InChI is InChI=1S/C20H22N6O2.C15H14N6O3.C4H9N/c27-17(6-3-13-1-2-13)15-4-5-16-19(23-15)26(14-7-10-25(16)12-14)20(28)24-18-11-21-8-9-22-18;22-14(23)10-1-2-11-13(18-10)21(9-3-6-20(11)8-9)15(24)19-12-7-16-4-5-17-12;5-3-4-1-2-4/h4-5,8-9,11,13-14H,1-3,6-7,10,12H2,(H,22,24,28);1-2,4-5,7,9H,3,6,8H2,(H,22,23)(H,17,19,24);4H,1-3,5H2/t14-;9-;/m00./s1. The highest BCUT2D eigenvalue weighted by atomic mass is 16.4. The Bertz CT molecular complexity index is 2120. The molecule has 4 aliphatic heterocycles. The van der Waals surface area contributed by atoms with E-state index >= 15 is 0 Å². The monoisotopic (exact) mass is 775 g/mol. The molecule has 2 saturated heterocycles. The number of nitrogens with one attached hydrogen (secondary N) is 2. The Morgan fingerprint density at radius 2 is 1.19 bits per heavy atom. The Balaban J connectivity index is 0.000000143. The number of carbonyl (C=O) groups excluding carboxylic acids is 3. The minimum absolute atomic E-state index is 0.0356. The van der Waals surface area contributed by atoms with Crippen molar-refractivity contribution in [2.24, 2.45) is 17.6 Å². The zero-order valence-corrected chi connectivity index (χ0v) is 31.4. The highest BCUT2D eigenvalue weighted by molar-refractivity contribution is 6.06. The fraction of sp³-hybridized carbons (Fsp3) is 0.436. The van der Waals surface area contributed by atoms with Gasteiger partial charge in [-0.2, -0.15) is 0 Å². The van der Waals surface area contributed by atoms with Gasteiger partial charge in [-0.1, -0.05) is 12.8 Å². The number of carboxylic acid groups (broad SMARTS) is 1. The fourth-order valence-corrected chi connectivity index (χ4v) is 7.51. The summed E-state index contributed by atoms with van der Waals surface area (Å²) in [5.74, 6) is 2.20. The SMILES string of the molecule is NCC1CC1.O=C(CCC1CC1)c1ccc2c(n1)N(C(=O)Nc1cnccn1)[C@H]1CCN2C1.O=C(O)c1ccc2c(n1)N(C(=O)Nc1cnccn1)[C@H]1CCN2C1. The van der Waals surface area contributed by atoms with Gasteiger partial charge in [-0.25, -0.2) is 34.3 Å². The molecular formula is C39H45N13O5. The molecule has 4 amide bonds. The molecule has 4 fully saturated rings. The molecule has 0 radical (unpaired) electrons. The summed E-state index contributed by atoms with van der Waals surface area (Å²) in [6.07, 6.45) is 17.4. The number of fused-ring (bicyclic) bond motifs is 8. The second-order valence-electron chi connectivity index (χ2n) is 15.0. The summed E-state index contributed by atoms with van der Waals surface area (Å²) < 4.78 is 0. The number of Topliss-reactive ketones (excluding diaryl/α,β-unsaturated/α-hetero) is 1. The number of rotatable bonds is 8. The summed E-state index contributed by atoms with van der Waals surface area (Å²) in [5, 5.41) is 14.7. The van der Waals surface area contributed by atoms with Gasteiger partial charge >= 0.3 is 18.0 Å².